The van der Waals surface area contributed by atoms with Crippen molar-refractivity contribution in [1.82, 2.24) is 19.7 Å². The standard InChI is InChI=1S/C22H21F5N4O4/c1-14(21(34,11-30-13-28-12-29-30)18-7-4-16(23)10-19(18)24)31(8-9-32)20(33)15-2-5-17(6-3-15)35-22(25,26)27/h2-7,10,12-14,32,34H,8-9,11H2,1H3/t14-,21-/m1/s1. The number of aromatic nitrogens is 3. The van der Waals surface area contributed by atoms with E-state index in [1.165, 1.54) is 24.3 Å². The number of alkyl halides is 3. The molecular weight excluding hydrogens is 479 g/mol. The maximum absolute atomic E-state index is 14.8. The lowest BCUT2D eigenvalue weighted by Gasteiger charge is -2.41. The first-order chi connectivity index (χ1) is 16.4. The van der Waals surface area contributed by atoms with E-state index >= 15 is 0 Å². The monoisotopic (exact) mass is 500 g/mol. The molecule has 3 aromatic rings. The van der Waals surface area contributed by atoms with Crippen LogP contribution in [0, 0.1) is 11.6 Å². The quantitative estimate of drug-likeness (QED) is 0.439. The van der Waals surface area contributed by atoms with Crippen LogP contribution < -0.4 is 4.74 Å². The second-order valence-electron chi connectivity index (χ2n) is 7.61. The van der Waals surface area contributed by atoms with Gasteiger partial charge in [-0.25, -0.2) is 18.4 Å². The highest BCUT2D eigenvalue weighted by molar-refractivity contribution is 5.94. The van der Waals surface area contributed by atoms with Gasteiger partial charge in [-0.15, -0.1) is 13.2 Å². The fourth-order valence-corrected chi connectivity index (χ4v) is 3.65. The molecule has 0 saturated heterocycles. The number of carbonyl (C=O) groups is 1. The molecule has 0 unspecified atom stereocenters. The van der Waals surface area contributed by atoms with Gasteiger partial charge >= 0.3 is 6.36 Å². The number of carbonyl (C=O) groups excluding carboxylic acids is 1. The third-order valence-electron chi connectivity index (χ3n) is 5.36. The molecule has 13 heteroatoms. The van der Waals surface area contributed by atoms with Gasteiger partial charge in [-0.2, -0.15) is 5.10 Å². The number of hydrogen-bond acceptors (Lipinski definition) is 6. The van der Waals surface area contributed by atoms with Crippen LogP contribution in [0.1, 0.15) is 22.8 Å². The number of rotatable bonds is 9. The molecule has 0 radical (unpaired) electrons. The zero-order valence-electron chi connectivity index (χ0n) is 18.3. The predicted octanol–water partition coefficient (Wildman–Crippen LogP) is 2.87. The topological polar surface area (TPSA) is 101 Å². The van der Waals surface area contributed by atoms with E-state index in [0.717, 1.165) is 41.3 Å². The molecule has 3 rings (SSSR count). The molecule has 8 nitrogen and oxygen atoms in total. The van der Waals surface area contributed by atoms with Crippen LogP contribution >= 0.6 is 0 Å². The molecule has 0 saturated carbocycles. The number of aliphatic hydroxyl groups is 2. The van der Waals surface area contributed by atoms with E-state index in [9.17, 15) is 37.0 Å². The lowest BCUT2D eigenvalue weighted by molar-refractivity contribution is -0.274. The number of benzene rings is 2. The molecule has 2 atom stereocenters. The van der Waals surface area contributed by atoms with E-state index in [-0.39, 0.29) is 17.7 Å². The minimum absolute atomic E-state index is 0.0810. The van der Waals surface area contributed by atoms with Crippen molar-refractivity contribution in [3.8, 4) is 5.75 Å². The highest BCUT2D eigenvalue weighted by Crippen LogP contribution is 2.33. The second-order valence-corrected chi connectivity index (χ2v) is 7.61. The SMILES string of the molecule is C[C@@H](N(CCO)C(=O)c1ccc(OC(F)(F)F)cc1)[C@](O)(Cn1cncn1)c1ccc(F)cc1F. The Labute approximate surface area is 196 Å². The third kappa shape index (κ3) is 6.11. The van der Waals surface area contributed by atoms with Gasteiger partial charge in [-0.3, -0.25) is 4.79 Å². The average molecular weight is 500 g/mol. The number of halogens is 5. The molecule has 2 N–H and O–H groups in total. The Kier molecular flexibility index (Phi) is 7.70. The smallest absolute Gasteiger partial charge is 0.406 e. The summed E-state index contributed by atoms with van der Waals surface area (Å²) in [5.74, 6) is -3.28. The Morgan fingerprint density at radius 2 is 1.86 bits per heavy atom. The zero-order valence-corrected chi connectivity index (χ0v) is 18.3. The van der Waals surface area contributed by atoms with Gasteiger partial charge in [0.1, 0.15) is 35.6 Å². The average Bonchev–Trinajstić information content (AvgIpc) is 3.28. The third-order valence-corrected chi connectivity index (χ3v) is 5.36. The van der Waals surface area contributed by atoms with Crippen LogP contribution in [0.15, 0.2) is 55.1 Å². The van der Waals surface area contributed by atoms with Crippen molar-refractivity contribution < 1.29 is 41.7 Å². The molecule has 1 amide bonds. The number of aliphatic hydroxyl groups excluding tert-OH is 1. The van der Waals surface area contributed by atoms with Crippen molar-refractivity contribution in [2.24, 2.45) is 0 Å². The summed E-state index contributed by atoms with van der Waals surface area (Å²) in [7, 11) is 0. The van der Waals surface area contributed by atoms with Gasteiger partial charge in [-0.05, 0) is 37.3 Å². The summed E-state index contributed by atoms with van der Waals surface area (Å²) in [6.07, 6.45) is -2.50. The molecule has 2 aromatic carbocycles. The van der Waals surface area contributed by atoms with Crippen LogP contribution in [-0.4, -0.2) is 61.3 Å². The number of ether oxygens (including phenoxy) is 1. The molecule has 1 heterocycles. The molecule has 0 aliphatic carbocycles. The summed E-state index contributed by atoms with van der Waals surface area (Å²) in [4.78, 5) is 18.0. The van der Waals surface area contributed by atoms with Crippen LogP contribution in [0.2, 0.25) is 0 Å². The van der Waals surface area contributed by atoms with Crippen LogP contribution in [0.5, 0.6) is 5.75 Å². The Morgan fingerprint density at radius 1 is 1.17 bits per heavy atom. The summed E-state index contributed by atoms with van der Waals surface area (Å²) < 4.78 is 70.6. The van der Waals surface area contributed by atoms with Crippen molar-refractivity contribution in [2.45, 2.75) is 31.5 Å². The summed E-state index contributed by atoms with van der Waals surface area (Å²) in [5, 5.41) is 25.1. The van der Waals surface area contributed by atoms with Crippen molar-refractivity contribution in [1.29, 1.82) is 0 Å². The van der Waals surface area contributed by atoms with E-state index in [1.807, 2.05) is 0 Å². The van der Waals surface area contributed by atoms with Crippen LogP contribution in [0.25, 0.3) is 0 Å². The molecular formula is C22H21F5N4O4. The molecule has 0 fully saturated rings. The Hall–Kier alpha value is -3.58. The normalized spacial score (nSPS) is 14.3. The Morgan fingerprint density at radius 3 is 2.40 bits per heavy atom. The van der Waals surface area contributed by atoms with Gasteiger partial charge in [0.15, 0.2) is 0 Å². The summed E-state index contributed by atoms with van der Waals surface area (Å²) in [6.45, 7) is 0.124. The van der Waals surface area contributed by atoms with Gasteiger partial charge in [0.2, 0.25) is 0 Å². The fraction of sp³-hybridized carbons (Fsp3) is 0.318. The van der Waals surface area contributed by atoms with E-state index in [4.69, 9.17) is 0 Å². The molecule has 1 aromatic heterocycles. The molecule has 0 bridgehead atoms. The van der Waals surface area contributed by atoms with E-state index in [2.05, 4.69) is 14.8 Å². The first-order valence-electron chi connectivity index (χ1n) is 10.2. The summed E-state index contributed by atoms with van der Waals surface area (Å²) in [5.41, 5.74) is -2.61. The van der Waals surface area contributed by atoms with Crippen molar-refractivity contribution >= 4 is 5.91 Å². The largest absolute Gasteiger partial charge is 0.573 e. The fourth-order valence-electron chi connectivity index (χ4n) is 3.65. The van der Waals surface area contributed by atoms with Gasteiger partial charge in [-0.1, -0.05) is 6.07 Å². The molecule has 0 spiro atoms. The van der Waals surface area contributed by atoms with E-state index in [1.54, 1.807) is 0 Å². The van der Waals surface area contributed by atoms with Gasteiger partial charge in [0.25, 0.3) is 5.91 Å². The lowest BCUT2D eigenvalue weighted by Crippen LogP contribution is -2.54. The van der Waals surface area contributed by atoms with Crippen LogP contribution in [0.3, 0.4) is 0 Å². The molecule has 0 aliphatic heterocycles. The first-order valence-corrected chi connectivity index (χ1v) is 10.2. The highest BCUT2D eigenvalue weighted by atomic mass is 19.4. The Balaban J connectivity index is 1.99. The zero-order chi connectivity index (χ0) is 25.8. The summed E-state index contributed by atoms with van der Waals surface area (Å²) >= 11 is 0. The predicted molar refractivity (Wildman–Crippen MR) is 111 cm³/mol. The van der Waals surface area contributed by atoms with Crippen LogP contribution in [-0.2, 0) is 12.1 Å². The van der Waals surface area contributed by atoms with Gasteiger partial charge < -0.3 is 19.8 Å². The number of amides is 1. The minimum atomic E-state index is -4.92. The Bertz CT molecular complexity index is 1140. The number of hydrogen-bond donors (Lipinski definition) is 2. The number of nitrogens with zero attached hydrogens (tertiary/aromatic N) is 4. The van der Waals surface area contributed by atoms with Gasteiger partial charge in [0, 0.05) is 23.7 Å². The first kappa shape index (κ1) is 26.0. The maximum Gasteiger partial charge on any atom is 0.573 e. The highest BCUT2D eigenvalue weighted by Gasteiger charge is 2.43. The second kappa shape index (κ2) is 10.4. The van der Waals surface area contributed by atoms with Crippen molar-refractivity contribution in [2.75, 3.05) is 13.2 Å². The van der Waals surface area contributed by atoms with Crippen LogP contribution in [0.4, 0.5) is 22.0 Å². The molecule has 188 valence electrons. The van der Waals surface area contributed by atoms with Gasteiger partial charge in [0.05, 0.1) is 19.2 Å². The molecule has 35 heavy (non-hydrogen) atoms. The van der Waals surface area contributed by atoms with E-state index in [0.29, 0.717) is 6.07 Å². The van der Waals surface area contributed by atoms with E-state index < -0.39 is 54.4 Å². The van der Waals surface area contributed by atoms with Crippen molar-refractivity contribution in [3.63, 3.8) is 0 Å². The maximum atomic E-state index is 14.8. The molecule has 0 aliphatic rings. The summed E-state index contributed by atoms with van der Waals surface area (Å²) in [6, 6.07) is 5.33. The minimum Gasteiger partial charge on any atom is -0.406 e. The van der Waals surface area contributed by atoms with Crippen molar-refractivity contribution in [3.05, 3.63) is 77.9 Å². The lowest BCUT2D eigenvalue weighted by atomic mass is 9.85.